The molecule has 24 heavy (non-hydrogen) atoms. The first-order valence-corrected chi connectivity index (χ1v) is 8.76. The summed E-state index contributed by atoms with van der Waals surface area (Å²) in [5.74, 6) is 0.390. The van der Waals surface area contributed by atoms with Crippen LogP contribution in [0.4, 0.5) is 0 Å². The van der Waals surface area contributed by atoms with Crippen LogP contribution in [0.3, 0.4) is 0 Å². The van der Waals surface area contributed by atoms with Crippen molar-refractivity contribution < 1.29 is 0 Å². The number of rotatable bonds is 3. The highest BCUT2D eigenvalue weighted by Gasteiger charge is 2.23. The zero-order valence-electron chi connectivity index (χ0n) is 13.9. The van der Waals surface area contributed by atoms with Gasteiger partial charge >= 0.3 is 0 Å². The van der Waals surface area contributed by atoms with E-state index in [1.165, 1.54) is 16.7 Å². The van der Waals surface area contributed by atoms with Gasteiger partial charge in [0, 0.05) is 5.92 Å². The van der Waals surface area contributed by atoms with Gasteiger partial charge in [0.05, 0.1) is 0 Å². The van der Waals surface area contributed by atoms with E-state index in [-0.39, 0.29) is 0 Å². The van der Waals surface area contributed by atoms with Crippen molar-refractivity contribution in [2.45, 2.75) is 19.3 Å². The van der Waals surface area contributed by atoms with E-state index in [1.54, 1.807) is 11.1 Å². The molecule has 2 aliphatic carbocycles. The second kappa shape index (κ2) is 6.88. The minimum atomic E-state index is 0.390. The molecule has 0 fully saturated rings. The van der Waals surface area contributed by atoms with Crippen LogP contribution >= 0.6 is 0 Å². The first-order chi connectivity index (χ1) is 11.9. The first-order valence-electron chi connectivity index (χ1n) is 8.76. The maximum Gasteiger partial charge on any atom is 0.0240 e. The second-order valence-corrected chi connectivity index (χ2v) is 6.49. The predicted molar refractivity (Wildman–Crippen MR) is 103 cm³/mol. The Morgan fingerprint density at radius 1 is 0.750 bits per heavy atom. The summed E-state index contributed by atoms with van der Waals surface area (Å²) in [5, 5.41) is 0. The van der Waals surface area contributed by atoms with Gasteiger partial charge in [0.1, 0.15) is 0 Å². The van der Waals surface area contributed by atoms with Crippen LogP contribution in [0, 0.1) is 5.92 Å². The predicted octanol–water partition coefficient (Wildman–Crippen LogP) is 6.45. The molecule has 0 nitrogen and oxygen atoms in total. The lowest BCUT2D eigenvalue weighted by atomic mass is 9.76. The van der Waals surface area contributed by atoms with Crippen LogP contribution in [0.2, 0.25) is 0 Å². The van der Waals surface area contributed by atoms with E-state index >= 15 is 0 Å². The zero-order chi connectivity index (χ0) is 16.2. The average molecular weight is 310 g/mol. The van der Waals surface area contributed by atoms with Gasteiger partial charge in [0.25, 0.3) is 0 Å². The van der Waals surface area contributed by atoms with Gasteiger partial charge in [-0.15, -0.1) is 0 Å². The van der Waals surface area contributed by atoms with Gasteiger partial charge in [-0.05, 0) is 36.0 Å². The summed E-state index contributed by atoms with van der Waals surface area (Å²) in [5.41, 5.74) is 7.20. The lowest BCUT2D eigenvalue weighted by Gasteiger charge is -2.28. The molecule has 0 radical (unpaired) electrons. The monoisotopic (exact) mass is 310 g/mol. The molecule has 0 heteroatoms. The minimum absolute atomic E-state index is 0.390. The third-order valence-corrected chi connectivity index (χ3v) is 4.95. The number of hydrogen-bond acceptors (Lipinski definition) is 0. The summed E-state index contributed by atoms with van der Waals surface area (Å²) in [7, 11) is 0. The molecule has 2 aromatic carbocycles. The summed E-state index contributed by atoms with van der Waals surface area (Å²) < 4.78 is 0. The maximum atomic E-state index is 2.40. The molecule has 2 aromatic rings. The molecule has 0 bridgehead atoms. The number of benzene rings is 2. The van der Waals surface area contributed by atoms with Gasteiger partial charge in [0.15, 0.2) is 0 Å². The molecule has 0 N–H and O–H groups in total. The van der Waals surface area contributed by atoms with Crippen LogP contribution in [0.1, 0.15) is 30.4 Å². The topological polar surface area (TPSA) is 0 Å². The molecule has 0 saturated heterocycles. The Labute approximate surface area is 144 Å². The van der Waals surface area contributed by atoms with Crippen molar-refractivity contribution in [2.24, 2.45) is 5.92 Å². The molecule has 118 valence electrons. The lowest BCUT2D eigenvalue weighted by molar-refractivity contribution is 0.833. The van der Waals surface area contributed by atoms with Crippen molar-refractivity contribution in [2.75, 3.05) is 0 Å². The van der Waals surface area contributed by atoms with Gasteiger partial charge in [-0.25, -0.2) is 0 Å². The van der Waals surface area contributed by atoms with Gasteiger partial charge in [0.2, 0.25) is 0 Å². The van der Waals surface area contributed by atoms with Gasteiger partial charge in [-0.1, -0.05) is 102 Å². The van der Waals surface area contributed by atoms with Crippen LogP contribution in [0.5, 0.6) is 0 Å². The van der Waals surface area contributed by atoms with E-state index in [0.717, 1.165) is 19.3 Å². The van der Waals surface area contributed by atoms with E-state index in [4.69, 9.17) is 0 Å². The van der Waals surface area contributed by atoms with Gasteiger partial charge < -0.3 is 0 Å². The lowest BCUT2D eigenvalue weighted by Crippen LogP contribution is -2.12. The van der Waals surface area contributed by atoms with Crippen LogP contribution in [-0.2, 0) is 0 Å². The van der Waals surface area contributed by atoms with Crippen molar-refractivity contribution in [3.63, 3.8) is 0 Å². The Bertz CT molecular complexity index is 813. The van der Waals surface area contributed by atoms with Crippen molar-refractivity contribution in [3.05, 3.63) is 107 Å². The van der Waals surface area contributed by atoms with Gasteiger partial charge in [-0.3, -0.25) is 0 Å². The fourth-order valence-corrected chi connectivity index (χ4v) is 3.74. The molecular formula is C24H22. The Hall–Kier alpha value is -2.60. The van der Waals surface area contributed by atoms with Crippen molar-refractivity contribution in [3.8, 4) is 0 Å². The largest absolute Gasteiger partial charge is 0.0841 e. The summed E-state index contributed by atoms with van der Waals surface area (Å²) in [4.78, 5) is 0. The van der Waals surface area contributed by atoms with E-state index in [2.05, 4.69) is 91.0 Å². The molecule has 1 unspecified atom stereocenters. The third kappa shape index (κ3) is 3.05. The summed E-state index contributed by atoms with van der Waals surface area (Å²) in [6, 6.07) is 21.5. The molecule has 1 atom stereocenters. The maximum absolute atomic E-state index is 2.40. The molecule has 0 aliphatic heterocycles. The van der Waals surface area contributed by atoms with Crippen LogP contribution < -0.4 is 0 Å². The van der Waals surface area contributed by atoms with E-state index in [1.807, 2.05) is 0 Å². The smallest absolute Gasteiger partial charge is 0.0240 e. The SMILES string of the molecule is C1=CCC2=C(C1)CC=CC2/C(=C/c1ccccc1)c1ccccc1. The summed E-state index contributed by atoms with van der Waals surface area (Å²) in [6.45, 7) is 0. The molecule has 0 heterocycles. The number of hydrogen-bond donors (Lipinski definition) is 0. The fraction of sp³-hybridized carbons (Fsp3) is 0.167. The third-order valence-electron chi connectivity index (χ3n) is 4.95. The Morgan fingerprint density at radius 3 is 2.21 bits per heavy atom. The van der Waals surface area contributed by atoms with E-state index < -0.39 is 0 Å². The Kier molecular flexibility index (Phi) is 4.29. The highest BCUT2D eigenvalue weighted by atomic mass is 14.3. The standard InChI is InChI=1S/C24H22/c1-3-10-19(11-4-1)18-24(21-12-5-2-6-13-21)23-17-9-15-20-14-7-8-16-22(20)23/h1-13,17-18,23H,14-16H2/b24-18+. The Morgan fingerprint density at radius 2 is 1.42 bits per heavy atom. The minimum Gasteiger partial charge on any atom is -0.0841 e. The molecule has 0 spiro atoms. The normalized spacial score (nSPS) is 20.2. The Balaban J connectivity index is 1.81. The molecule has 2 aliphatic rings. The zero-order valence-corrected chi connectivity index (χ0v) is 13.9. The quantitative estimate of drug-likeness (QED) is 0.451. The van der Waals surface area contributed by atoms with E-state index in [0.29, 0.717) is 5.92 Å². The van der Waals surface area contributed by atoms with Crippen molar-refractivity contribution in [1.82, 2.24) is 0 Å². The van der Waals surface area contributed by atoms with Crippen LogP contribution in [0.25, 0.3) is 11.6 Å². The molecule has 0 saturated carbocycles. The van der Waals surface area contributed by atoms with E-state index in [9.17, 15) is 0 Å². The second-order valence-electron chi connectivity index (χ2n) is 6.49. The van der Waals surface area contributed by atoms with Crippen molar-refractivity contribution in [1.29, 1.82) is 0 Å². The van der Waals surface area contributed by atoms with Crippen LogP contribution in [0.15, 0.2) is 96.1 Å². The molecule has 0 amide bonds. The highest BCUT2D eigenvalue weighted by molar-refractivity contribution is 5.85. The molecule has 4 rings (SSSR count). The van der Waals surface area contributed by atoms with Gasteiger partial charge in [-0.2, -0.15) is 0 Å². The number of allylic oxidation sites excluding steroid dienone is 7. The highest BCUT2D eigenvalue weighted by Crippen LogP contribution is 2.41. The molecular weight excluding hydrogens is 288 g/mol. The first kappa shape index (κ1) is 15.0. The average Bonchev–Trinajstić information content (AvgIpc) is 2.67. The fourth-order valence-electron chi connectivity index (χ4n) is 3.74. The summed E-state index contributed by atoms with van der Waals surface area (Å²) >= 11 is 0. The van der Waals surface area contributed by atoms with Crippen molar-refractivity contribution >= 4 is 11.6 Å². The van der Waals surface area contributed by atoms with Crippen LogP contribution in [-0.4, -0.2) is 0 Å². The summed E-state index contributed by atoms with van der Waals surface area (Å²) in [6.07, 6.45) is 15.1. The molecule has 0 aromatic heterocycles.